The zero-order chi connectivity index (χ0) is 23.0. The summed E-state index contributed by atoms with van der Waals surface area (Å²) >= 11 is 0. The van der Waals surface area contributed by atoms with Crippen LogP contribution < -0.4 is 16.0 Å². The molecule has 33 heavy (non-hydrogen) atoms. The van der Waals surface area contributed by atoms with Crippen molar-refractivity contribution in [3.63, 3.8) is 0 Å². The van der Waals surface area contributed by atoms with E-state index in [4.69, 9.17) is 0 Å². The quantitative estimate of drug-likeness (QED) is 0.373. The molecule has 0 aliphatic rings. The summed E-state index contributed by atoms with van der Waals surface area (Å²) < 4.78 is 12.7. The van der Waals surface area contributed by atoms with Crippen LogP contribution in [0.2, 0.25) is 0 Å². The molecule has 2 aromatic heterocycles. The van der Waals surface area contributed by atoms with Crippen LogP contribution in [-0.2, 0) is 4.79 Å². The molecule has 0 aliphatic heterocycles. The lowest BCUT2D eigenvalue weighted by Gasteiger charge is -2.12. The van der Waals surface area contributed by atoms with E-state index in [1.165, 1.54) is 6.20 Å². The first-order valence-electron chi connectivity index (χ1n) is 10.1. The molecule has 0 spiro atoms. The molecule has 2 aromatic carbocycles. The van der Waals surface area contributed by atoms with E-state index in [1.807, 2.05) is 24.3 Å². The summed E-state index contributed by atoms with van der Waals surface area (Å²) in [5.74, 6) is -1.05. The Balaban J connectivity index is 1.52. The second-order valence-electron chi connectivity index (χ2n) is 7.09. The molecule has 0 atom stereocenters. The number of hydrogen-bond acceptors (Lipinski definition) is 5. The maximum atomic E-state index is 12.8. The molecule has 0 bridgehead atoms. The van der Waals surface area contributed by atoms with Crippen LogP contribution in [0.15, 0.2) is 91.5 Å². The van der Waals surface area contributed by atoms with E-state index in [9.17, 15) is 14.0 Å². The van der Waals surface area contributed by atoms with Crippen molar-refractivity contribution in [3.8, 4) is 11.1 Å². The number of alkyl halides is 1. The Labute approximate surface area is 189 Å². The Morgan fingerprint density at radius 2 is 1.61 bits per heavy atom. The highest BCUT2D eigenvalue weighted by atomic mass is 19.1. The molecule has 4 aromatic rings. The van der Waals surface area contributed by atoms with Crippen LogP contribution in [0.1, 0.15) is 10.4 Å². The van der Waals surface area contributed by atoms with E-state index < -0.39 is 12.6 Å². The molecular weight excluding hydrogens is 421 g/mol. The summed E-state index contributed by atoms with van der Waals surface area (Å²) in [5, 5.41) is 8.57. The number of carbonyl (C=O) groups is 2. The Kier molecular flexibility index (Phi) is 6.65. The van der Waals surface area contributed by atoms with E-state index in [-0.39, 0.29) is 5.91 Å². The molecule has 8 heteroatoms. The molecular formula is C25H20FN5O2. The fourth-order valence-electron chi connectivity index (χ4n) is 3.23. The first kappa shape index (κ1) is 21.6. The highest BCUT2D eigenvalue weighted by Gasteiger charge is 2.11. The summed E-state index contributed by atoms with van der Waals surface area (Å²) in [6.07, 6.45) is 6.45. The van der Waals surface area contributed by atoms with Crippen molar-refractivity contribution in [2.45, 2.75) is 0 Å². The molecule has 0 fully saturated rings. The predicted octanol–water partition coefficient (Wildman–Crippen LogP) is 5.05. The largest absolute Gasteiger partial charge is 0.353 e. The maximum Gasteiger partial charge on any atom is 0.257 e. The number of nitrogens with one attached hydrogen (secondary N) is 3. The summed E-state index contributed by atoms with van der Waals surface area (Å²) in [5.41, 5.74) is 4.33. The zero-order valence-electron chi connectivity index (χ0n) is 17.5. The molecule has 0 saturated heterocycles. The second kappa shape index (κ2) is 10.1. The van der Waals surface area contributed by atoms with E-state index in [0.717, 1.165) is 11.3 Å². The van der Waals surface area contributed by atoms with Gasteiger partial charge in [-0.15, -0.1) is 0 Å². The van der Waals surface area contributed by atoms with Gasteiger partial charge in [0.2, 0.25) is 0 Å². The Morgan fingerprint density at radius 3 is 2.42 bits per heavy atom. The first-order valence-corrected chi connectivity index (χ1v) is 10.1. The Morgan fingerprint density at radius 1 is 0.788 bits per heavy atom. The van der Waals surface area contributed by atoms with Crippen LogP contribution in [0, 0.1) is 0 Å². The number of halogens is 1. The topological polar surface area (TPSA) is 96.0 Å². The van der Waals surface area contributed by atoms with Gasteiger partial charge >= 0.3 is 0 Å². The Bertz CT molecular complexity index is 1280. The summed E-state index contributed by atoms with van der Waals surface area (Å²) in [6.45, 7) is -1.10. The average molecular weight is 441 g/mol. The maximum absolute atomic E-state index is 12.8. The van der Waals surface area contributed by atoms with Gasteiger partial charge in [-0.2, -0.15) is 0 Å². The molecule has 7 nitrogen and oxygen atoms in total. The molecule has 2 amide bonds. The summed E-state index contributed by atoms with van der Waals surface area (Å²) in [6, 6.07) is 19.6. The normalized spacial score (nSPS) is 10.3. The number of hydrogen-bond donors (Lipinski definition) is 3. The van der Waals surface area contributed by atoms with Gasteiger partial charge in [0.05, 0.1) is 29.3 Å². The van der Waals surface area contributed by atoms with E-state index >= 15 is 0 Å². The van der Waals surface area contributed by atoms with Gasteiger partial charge < -0.3 is 16.0 Å². The zero-order valence-corrected chi connectivity index (χ0v) is 17.5. The fourth-order valence-corrected chi connectivity index (χ4v) is 3.23. The SMILES string of the molecule is O=C(CF)Nc1ccccc1-c1cccc(NC(=O)c2cncc(Nc3cccnc3)c2)c1. The minimum absolute atomic E-state index is 0.325. The third-order valence-corrected chi connectivity index (χ3v) is 4.70. The number of para-hydroxylation sites is 1. The fraction of sp³-hybridized carbons (Fsp3) is 0.0400. The number of carbonyl (C=O) groups excluding carboxylic acids is 2. The molecule has 0 radical (unpaired) electrons. The number of anilines is 4. The third kappa shape index (κ3) is 5.56. The third-order valence-electron chi connectivity index (χ3n) is 4.70. The van der Waals surface area contributed by atoms with Crippen LogP contribution >= 0.6 is 0 Å². The van der Waals surface area contributed by atoms with E-state index in [0.29, 0.717) is 28.2 Å². The van der Waals surface area contributed by atoms with Crippen LogP contribution in [0.5, 0.6) is 0 Å². The molecule has 0 unspecified atom stereocenters. The molecule has 4 rings (SSSR count). The van der Waals surface area contributed by atoms with Gasteiger partial charge in [0.25, 0.3) is 11.8 Å². The molecule has 2 heterocycles. The van der Waals surface area contributed by atoms with Crippen molar-refractivity contribution in [3.05, 3.63) is 97.1 Å². The van der Waals surface area contributed by atoms with Gasteiger partial charge in [0.15, 0.2) is 6.67 Å². The number of amides is 2. The van der Waals surface area contributed by atoms with Gasteiger partial charge in [-0.1, -0.05) is 30.3 Å². The number of pyridine rings is 2. The lowest BCUT2D eigenvalue weighted by Crippen LogP contribution is -2.14. The van der Waals surface area contributed by atoms with E-state index in [2.05, 4.69) is 25.9 Å². The smallest absolute Gasteiger partial charge is 0.257 e. The highest BCUT2D eigenvalue weighted by Crippen LogP contribution is 2.30. The van der Waals surface area contributed by atoms with Crippen molar-refractivity contribution < 1.29 is 14.0 Å². The highest BCUT2D eigenvalue weighted by molar-refractivity contribution is 6.05. The summed E-state index contributed by atoms with van der Waals surface area (Å²) in [7, 11) is 0. The molecule has 164 valence electrons. The number of aromatic nitrogens is 2. The van der Waals surface area contributed by atoms with E-state index in [1.54, 1.807) is 61.1 Å². The minimum atomic E-state index is -1.10. The number of nitrogens with zero attached hydrogens (tertiary/aromatic N) is 2. The number of benzene rings is 2. The number of rotatable bonds is 7. The van der Waals surface area contributed by atoms with Gasteiger partial charge in [0.1, 0.15) is 0 Å². The molecule has 0 aliphatic carbocycles. The van der Waals surface area contributed by atoms with Gasteiger partial charge in [-0.05, 0) is 42.0 Å². The lowest BCUT2D eigenvalue weighted by atomic mass is 10.0. The van der Waals surface area contributed by atoms with Crippen LogP contribution in [0.3, 0.4) is 0 Å². The van der Waals surface area contributed by atoms with Crippen molar-refractivity contribution in [2.24, 2.45) is 0 Å². The van der Waals surface area contributed by atoms with Crippen molar-refractivity contribution in [2.75, 3.05) is 22.6 Å². The standard InChI is InChI=1S/C25H20FN5O2/c26-13-24(32)31-23-9-2-1-8-22(23)17-5-3-6-19(11-17)30-25(33)18-12-21(16-28-14-18)29-20-7-4-10-27-15-20/h1-12,14-16,29H,13H2,(H,30,33)(H,31,32). The monoisotopic (exact) mass is 441 g/mol. The molecule has 3 N–H and O–H groups in total. The molecule has 0 saturated carbocycles. The van der Waals surface area contributed by atoms with Gasteiger partial charge in [-0.25, -0.2) is 4.39 Å². The van der Waals surface area contributed by atoms with Crippen LogP contribution in [0.4, 0.5) is 27.1 Å². The van der Waals surface area contributed by atoms with Crippen molar-refractivity contribution >= 4 is 34.6 Å². The van der Waals surface area contributed by atoms with Crippen molar-refractivity contribution in [1.29, 1.82) is 0 Å². The van der Waals surface area contributed by atoms with Crippen LogP contribution in [-0.4, -0.2) is 28.5 Å². The van der Waals surface area contributed by atoms with Crippen molar-refractivity contribution in [1.82, 2.24) is 9.97 Å². The summed E-state index contributed by atoms with van der Waals surface area (Å²) in [4.78, 5) is 32.5. The predicted molar refractivity (Wildman–Crippen MR) is 126 cm³/mol. The minimum Gasteiger partial charge on any atom is -0.353 e. The second-order valence-corrected chi connectivity index (χ2v) is 7.09. The Hall–Kier alpha value is -4.59. The van der Waals surface area contributed by atoms with Gasteiger partial charge in [0, 0.05) is 29.3 Å². The van der Waals surface area contributed by atoms with Crippen LogP contribution in [0.25, 0.3) is 11.1 Å². The van der Waals surface area contributed by atoms with Gasteiger partial charge in [-0.3, -0.25) is 19.6 Å². The first-order chi connectivity index (χ1) is 16.1. The lowest BCUT2D eigenvalue weighted by molar-refractivity contribution is -0.117. The average Bonchev–Trinajstić information content (AvgIpc) is 2.85.